The van der Waals surface area contributed by atoms with Crippen LogP contribution in [0, 0.1) is 5.92 Å². The van der Waals surface area contributed by atoms with E-state index >= 15 is 0 Å². The number of nitrogens with one attached hydrogen (secondary N) is 1. The Labute approximate surface area is 173 Å². The van der Waals surface area contributed by atoms with Gasteiger partial charge < -0.3 is 31.9 Å². The number of hydrogen-bond donors (Lipinski definition) is 1. The van der Waals surface area contributed by atoms with Crippen LogP contribution in [0.1, 0.15) is 45.4 Å². The third kappa shape index (κ3) is 10.4. The maximum Gasteiger partial charge on any atom is 0.500 e. The average Bonchev–Trinajstić information content (AvgIpc) is 2.72. The van der Waals surface area contributed by atoms with Crippen molar-refractivity contribution in [3.05, 3.63) is 0 Å². The van der Waals surface area contributed by atoms with Crippen molar-refractivity contribution >= 4 is 23.5 Å². The van der Waals surface area contributed by atoms with Crippen LogP contribution in [-0.4, -0.2) is 72.7 Å². The number of carbonyl (C=O) groups is 1. The van der Waals surface area contributed by atoms with Crippen LogP contribution in [0.2, 0.25) is 12.1 Å². The van der Waals surface area contributed by atoms with E-state index in [4.69, 9.17) is 26.6 Å². The molecule has 0 saturated carbocycles. The molecule has 0 aliphatic rings. The number of carbonyl (C=O) groups excluding carboxylic acids is 1. The predicted octanol–water partition coefficient (Wildman–Crippen LogP) is 2.84. The van der Waals surface area contributed by atoms with E-state index in [1.807, 2.05) is 0 Å². The maximum absolute atomic E-state index is 11.3. The molecule has 0 rings (SSSR count). The van der Waals surface area contributed by atoms with E-state index in [1.54, 1.807) is 49.6 Å². The summed E-state index contributed by atoms with van der Waals surface area (Å²) in [5, 5.41) is 2.96. The Hall–Kier alpha value is -0.336. The first-order valence-electron chi connectivity index (χ1n) is 9.91. The molecule has 0 bridgehead atoms. The minimum atomic E-state index is -2.50. The van der Waals surface area contributed by atoms with Crippen molar-refractivity contribution in [2.75, 3.05) is 49.2 Å². The molecule has 0 heterocycles. The van der Waals surface area contributed by atoms with Gasteiger partial charge in [-0.05, 0) is 31.6 Å². The lowest BCUT2D eigenvalue weighted by Gasteiger charge is -2.25. The summed E-state index contributed by atoms with van der Waals surface area (Å²) in [6.07, 6.45) is 6.13. The van der Waals surface area contributed by atoms with Crippen LogP contribution in [0.4, 0.5) is 0 Å². The van der Waals surface area contributed by atoms with Gasteiger partial charge in [-0.1, -0.05) is 12.8 Å². The fourth-order valence-corrected chi connectivity index (χ4v) is 6.89. The first-order chi connectivity index (χ1) is 13.4. The fourth-order valence-electron chi connectivity index (χ4n) is 3.30. The van der Waals surface area contributed by atoms with Crippen molar-refractivity contribution in [3.8, 4) is 0 Å². The molecule has 0 aromatic rings. The van der Waals surface area contributed by atoms with Gasteiger partial charge in [0.25, 0.3) is 0 Å². The lowest BCUT2D eigenvalue weighted by molar-refractivity contribution is -0.119. The molecule has 1 amide bonds. The SMILES string of the molecule is CO[Si](CCCCC(CCCC[Si](OC)(OC)OC)CNC(C)=O)(OC)OC. The van der Waals surface area contributed by atoms with Crippen LogP contribution < -0.4 is 5.32 Å². The standard InChI is InChI=1S/C18H41NO7Si2/c1-17(20)19-16-18(12-8-10-14-27(21-2,22-3)23-4)13-9-11-15-28(24-5,25-6)26-7/h18H,8-16H2,1-7H3,(H,19,20). The van der Waals surface area contributed by atoms with E-state index < -0.39 is 17.6 Å². The lowest BCUT2D eigenvalue weighted by atomic mass is 9.96. The molecule has 0 aromatic heterocycles. The van der Waals surface area contributed by atoms with Crippen molar-refractivity contribution < 1.29 is 31.4 Å². The molecule has 0 unspecified atom stereocenters. The summed E-state index contributed by atoms with van der Waals surface area (Å²) in [5.74, 6) is 0.454. The van der Waals surface area contributed by atoms with E-state index in [9.17, 15) is 4.79 Å². The number of unbranched alkanes of at least 4 members (excludes halogenated alkanes) is 2. The van der Waals surface area contributed by atoms with Crippen molar-refractivity contribution in [1.29, 1.82) is 0 Å². The maximum atomic E-state index is 11.3. The largest absolute Gasteiger partial charge is 0.500 e. The number of amides is 1. The second-order valence-electron chi connectivity index (χ2n) is 6.89. The van der Waals surface area contributed by atoms with Gasteiger partial charge in [-0.15, -0.1) is 0 Å². The molecule has 1 N–H and O–H groups in total. The second-order valence-corrected chi connectivity index (χ2v) is 13.1. The molecule has 0 aliphatic carbocycles. The molecule has 0 fully saturated rings. The zero-order chi connectivity index (χ0) is 21.5. The third-order valence-corrected chi connectivity index (χ3v) is 10.9. The molecule has 0 radical (unpaired) electrons. The quantitative estimate of drug-likeness (QED) is 0.260. The molecule has 0 aliphatic heterocycles. The molecule has 0 aromatic carbocycles. The van der Waals surface area contributed by atoms with Gasteiger partial charge in [-0.2, -0.15) is 0 Å². The van der Waals surface area contributed by atoms with Crippen LogP contribution in [-0.2, 0) is 31.4 Å². The van der Waals surface area contributed by atoms with Gasteiger partial charge in [0.05, 0.1) is 0 Å². The van der Waals surface area contributed by atoms with Gasteiger partial charge in [-0.3, -0.25) is 4.79 Å². The summed E-state index contributed by atoms with van der Waals surface area (Å²) < 4.78 is 32.8. The molecule has 0 saturated heterocycles. The summed E-state index contributed by atoms with van der Waals surface area (Å²) in [5.41, 5.74) is 0. The summed E-state index contributed by atoms with van der Waals surface area (Å²) in [7, 11) is 4.85. The average molecular weight is 440 g/mol. The molecule has 28 heavy (non-hydrogen) atoms. The van der Waals surface area contributed by atoms with E-state index in [0.717, 1.165) is 50.6 Å². The Bertz CT molecular complexity index is 363. The molecule has 168 valence electrons. The summed E-state index contributed by atoms with van der Waals surface area (Å²) >= 11 is 0. The van der Waals surface area contributed by atoms with Gasteiger partial charge in [0, 0.05) is 68.2 Å². The van der Waals surface area contributed by atoms with Crippen LogP contribution >= 0.6 is 0 Å². The second kappa shape index (κ2) is 15.5. The molecule has 10 heteroatoms. The third-order valence-electron chi connectivity index (χ3n) is 5.20. The Kier molecular flexibility index (Phi) is 15.3. The normalized spacial score (nSPS) is 12.6. The highest BCUT2D eigenvalue weighted by Gasteiger charge is 2.37. The van der Waals surface area contributed by atoms with Crippen molar-refractivity contribution in [2.45, 2.75) is 57.5 Å². The minimum Gasteiger partial charge on any atom is -0.377 e. The summed E-state index contributed by atoms with van der Waals surface area (Å²) in [6.45, 7) is 2.26. The molecule has 0 spiro atoms. The summed E-state index contributed by atoms with van der Waals surface area (Å²) in [4.78, 5) is 11.3. The summed E-state index contributed by atoms with van der Waals surface area (Å²) in [6, 6.07) is 1.60. The Morgan fingerprint density at radius 1 is 0.714 bits per heavy atom. The van der Waals surface area contributed by atoms with Gasteiger partial charge in [0.15, 0.2) is 0 Å². The zero-order valence-electron chi connectivity index (χ0n) is 18.8. The Morgan fingerprint density at radius 2 is 1.07 bits per heavy atom. The predicted molar refractivity (Wildman–Crippen MR) is 113 cm³/mol. The Morgan fingerprint density at radius 3 is 1.36 bits per heavy atom. The van der Waals surface area contributed by atoms with E-state index in [-0.39, 0.29) is 5.91 Å². The smallest absolute Gasteiger partial charge is 0.377 e. The number of rotatable bonds is 18. The topological polar surface area (TPSA) is 84.5 Å². The first kappa shape index (κ1) is 27.7. The molecule has 8 nitrogen and oxygen atoms in total. The van der Waals surface area contributed by atoms with Crippen molar-refractivity contribution in [2.24, 2.45) is 5.92 Å². The first-order valence-corrected chi connectivity index (χ1v) is 13.8. The number of hydrogen-bond acceptors (Lipinski definition) is 7. The molecular weight excluding hydrogens is 398 g/mol. The van der Waals surface area contributed by atoms with Gasteiger partial charge in [0.1, 0.15) is 0 Å². The van der Waals surface area contributed by atoms with Crippen LogP contribution in [0.15, 0.2) is 0 Å². The van der Waals surface area contributed by atoms with E-state index in [2.05, 4.69) is 5.32 Å². The van der Waals surface area contributed by atoms with Gasteiger partial charge in [-0.25, -0.2) is 0 Å². The fraction of sp³-hybridized carbons (Fsp3) is 0.944. The van der Waals surface area contributed by atoms with E-state index in [0.29, 0.717) is 12.5 Å². The molecule has 0 atom stereocenters. The zero-order valence-corrected chi connectivity index (χ0v) is 20.8. The monoisotopic (exact) mass is 439 g/mol. The van der Waals surface area contributed by atoms with Gasteiger partial charge in [0.2, 0.25) is 5.91 Å². The van der Waals surface area contributed by atoms with Crippen LogP contribution in [0.25, 0.3) is 0 Å². The molecular formula is C18H41NO7Si2. The van der Waals surface area contributed by atoms with Crippen LogP contribution in [0.5, 0.6) is 0 Å². The van der Waals surface area contributed by atoms with Gasteiger partial charge >= 0.3 is 17.6 Å². The minimum absolute atomic E-state index is 0.0131. The lowest BCUT2D eigenvalue weighted by Crippen LogP contribution is -2.42. The highest BCUT2D eigenvalue weighted by molar-refractivity contribution is 6.60. The van der Waals surface area contributed by atoms with Crippen molar-refractivity contribution in [1.82, 2.24) is 5.32 Å². The highest BCUT2D eigenvalue weighted by Crippen LogP contribution is 2.23. The highest BCUT2D eigenvalue weighted by atomic mass is 28.4. The van der Waals surface area contributed by atoms with Crippen LogP contribution in [0.3, 0.4) is 0 Å². The van der Waals surface area contributed by atoms with E-state index in [1.165, 1.54) is 0 Å². The van der Waals surface area contributed by atoms with Crippen molar-refractivity contribution in [3.63, 3.8) is 0 Å². The Balaban J connectivity index is 4.41.